The summed E-state index contributed by atoms with van der Waals surface area (Å²) in [6.45, 7) is 20.3. The molecule has 0 N–H and O–H groups in total. The molecule has 0 amide bonds. The van der Waals surface area contributed by atoms with Gasteiger partial charge in [-0.3, -0.25) is 0 Å². The van der Waals surface area contributed by atoms with Crippen LogP contribution in [-0.2, 0) is 4.74 Å². The molecule has 0 atom stereocenters. The van der Waals surface area contributed by atoms with E-state index in [4.69, 9.17) is 4.74 Å². The average Bonchev–Trinajstić information content (AvgIpc) is 2.49. The lowest BCUT2D eigenvalue weighted by atomic mass is 9.89. The average molecular weight is 314 g/mol. The van der Waals surface area contributed by atoms with E-state index < -0.39 is 0 Å². The summed E-state index contributed by atoms with van der Waals surface area (Å²) in [6, 6.07) is 0.769. The molecule has 2 heteroatoms. The lowest BCUT2D eigenvalue weighted by Crippen LogP contribution is -2.35. The third kappa shape index (κ3) is 12.5. The van der Waals surface area contributed by atoms with Crippen molar-refractivity contribution in [3.63, 3.8) is 0 Å². The standard InChI is InChI=1S/C8H17N.C8H16O.C4H10/c1-8(2)9-6-4-3-5-7-9;1-7(2)8-3-5-9-6-4-8;1-4(2)3/h8H,3-7H2,1-2H3;7-8H,3-6H2,1-2H3;4H,1-3H3. The Balaban J connectivity index is 0.000000326. The van der Waals surface area contributed by atoms with Gasteiger partial charge < -0.3 is 9.64 Å². The fraction of sp³-hybridized carbons (Fsp3) is 1.00. The molecule has 2 heterocycles. The van der Waals surface area contributed by atoms with Crippen LogP contribution in [0.1, 0.15) is 80.6 Å². The van der Waals surface area contributed by atoms with Crippen LogP contribution in [-0.4, -0.2) is 37.2 Å². The zero-order valence-corrected chi connectivity index (χ0v) is 16.5. The lowest BCUT2D eigenvalue weighted by Gasteiger charge is -2.29. The van der Waals surface area contributed by atoms with Gasteiger partial charge in [0.2, 0.25) is 0 Å². The van der Waals surface area contributed by atoms with E-state index in [2.05, 4.69) is 53.4 Å². The van der Waals surface area contributed by atoms with Gasteiger partial charge in [0.15, 0.2) is 0 Å². The first-order valence-corrected chi connectivity index (χ1v) is 9.66. The molecule has 2 saturated heterocycles. The summed E-state index contributed by atoms with van der Waals surface area (Å²) in [4.78, 5) is 2.56. The minimum Gasteiger partial charge on any atom is -0.381 e. The Bertz CT molecular complexity index is 201. The third-order valence-electron chi connectivity index (χ3n) is 4.33. The van der Waals surface area contributed by atoms with E-state index in [1.165, 1.54) is 45.2 Å². The second kappa shape index (κ2) is 13.4. The van der Waals surface area contributed by atoms with E-state index in [9.17, 15) is 0 Å². The molecule has 0 saturated carbocycles. The number of hydrogen-bond acceptors (Lipinski definition) is 2. The Hall–Kier alpha value is -0.0800. The van der Waals surface area contributed by atoms with Gasteiger partial charge in [-0.05, 0) is 70.4 Å². The van der Waals surface area contributed by atoms with Gasteiger partial charge in [0.25, 0.3) is 0 Å². The van der Waals surface area contributed by atoms with E-state index >= 15 is 0 Å². The number of likely N-dealkylation sites (tertiary alicyclic amines) is 1. The summed E-state index contributed by atoms with van der Waals surface area (Å²) in [5.41, 5.74) is 0. The molecule has 0 aromatic rings. The summed E-state index contributed by atoms with van der Waals surface area (Å²) >= 11 is 0. The quantitative estimate of drug-likeness (QED) is 0.657. The van der Waals surface area contributed by atoms with Crippen molar-refractivity contribution < 1.29 is 4.74 Å². The summed E-state index contributed by atoms with van der Waals surface area (Å²) in [7, 11) is 0. The predicted octanol–water partition coefficient (Wildman–Crippen LogP) is 5.61. The van der Waals surface area contributed by atoms with E-state index in [-0.39, 0.29) is 0 Å². The van der Waals surface area contributed by atoms with Crippen molar-refractivity contribution in [3.8, 4) is 0 Å². The number of ether oxygens (including phenoxy) is 1. The molecule has 0 aliphatic carbocycles. The fourth-order valence-corrected chi connectivity index (χ4v) is 2.82. The monoisotopic (exact) mass is 313 g/mol. The molecule has 2 aliphatic rings. The van der Waals surface area contributed by atoms with Crippen LogP contribution in [0, 0.1) is 17.8 Å². The van der Waals surface area contributed by atoms with Crippen LogP contribution in [0.5, 0.6) is 0 Å². The number of rotatable bonds is 2. The van der Waals surface area contributed by atoms with Gasteiger partial charge in [0, 0.05) is 19.3 Å². The van der Waals surface area contributed by atoms with Gasteiger partial charge in [-0.1, -0.05) is 41.0 Å². The molecule has 2 rings (SSSR count). The number of nitrogens with zero attached hydrogens (tertiary/aromatic N) is 1. The van der Waals surface area contributed by atoms with Crippen molar-refractivity contribution in [1.29, 1.82) is 0 Å². The van der Waals surface area contributed by atoms with Crippen molar-refractivity contribution in [2.75, 3.05) is 26.3 Å². The Morgan fingerprint density at radius 2 is 1.23 bits per heavy atom. The van der Waals surface area contributed by atoms with E-state index in [1.807, 2.05) is 0 Å². The van der Waals surface area contributed by atoms with E-state index in [0.717, 1.165) is 37.0 Å². The first-order chi connectivity index (χ1) is 10.3. The Kier molecular flexibility index (Phi) is 13.3. The van der Waals surface area contributed by atoms with Crippen molar-refractivity contribution in [3.05, 3.63) is 0 Å². The highest BCUT2D eigenvalue weighted by Gasteiger charge is 2.16. The SMILES string of the molecule is CC(C)C.CC(C)C1CCOCC1.CC(C)N1CCCCC1. The zero-order chi connectivity index (χ0) is 17.0. The second-order valence-corrected chi connectivity index (χ2v) is 8.12. The van der Waals surface area contributed by atoms with Gasteiger partial charge in [-0.25, -0.2) is 0 Å². The first-order valence-electron chi connectivity index (χ1n) is 9.66. The molecule has 0 spiro atoms. The van der Waals surface area contributed by atoms with Crippen molar-refractivity contribution in [2.24, 2.45) is 17.8 Å². The molecule has 0 aromatic carbocycles. The maximum absolute atomic E-state index is 5.25. The van der Waals surface area contributed by atoms with Gasteiger partial charge >= 0.3 is 0 Å². The smallest absolute Gasteiger partial charge is 0.0468 e. The van der Waals surface area contributed by atoms with Crippen LogP contribution in [0.3, 0.4) is 0 Å². The molecule has 2 nitrogen and oxygen atoms in total. The molecular weight excluding hydrogens is 270 g/mol. The lowest BCUT2D eigenvalue weighted by molar-refractivity contribution is 0.0523. The van der Waals surface area contributed by atoms with Gasteiger partial charge in [0.05, 0.1) is 0 Å². The van der Waals surface area contributed by atoms with Crippen LogP contribution >= 0.6 is 0 Å². The predicted molar refractivity (Wildman–Crippen MR) is 99.5 cm³/mol. The molecule has 0 aromatic heterocycles. The zero-order valence-electron chi connectivity index (χ0n) is 16.5. The topological polar surface area (TPSA) is 12.5 Å². The molecule has 134 valence electrons. The van der Waals surface area contributed by atoms with E-state index in [1.54, 1.807) is 0 Å². The highest BCUT2D eigenvalue weighted by molar-refractivity contribution is 4.67. The molecule has 22 heavy (non-hydrogen) atoms. The van der Waals surface area contributed by atoms with Crippen LogP contribution in [0.15, 0.2) is 0 Å². The summed E-state index contributed by atoms with van der Waals surface area (Å²) < 4.78 is 5.25. The highest BCUT2D eigenvalue weighted by Crippen LogP contribution is 2.22. The molecule has 2 aliphatic heterocycles. The maximum Gasteiger partial charge on any atom is 0.0468 e. The maximum atomic E-state index is 5.25. The van der Waals surface area contributed by atoms with Crippen LogP contribution < -0.4 is 0 Å². The third-order valence-corrected chi connectivity index (χ3v) is 4.33. The Labute approximate surface area is 141 Å². The molecule has 0 bridgehead atoms. The summed E-state index contributed by atoms with van der Waals surface area (Å²) in [5, 5.41) is 0. The van der Waals surface area contributed by atoms with E-state index in [0.29, 0.717) is 0 Å². The largest absolute Gasteiger partial charge is 0.381 e. The number of hydrogen-bond donors (Lipinski definition) is 0. The van der Waals surface area contributed by atoms with Gasteiger partial charge in [-0.15, -0.1) is 0 Å². The number of piperidine rings is 1. The van der Waals surface area contributed by atoms with Gasteiger partial charge in [0.1, 0.15) is 0 Å². The first kappa shape index (κ1) is 21.9. The normalized spacial score (nSPS) is 20.5. The molecule has 0 radical (unpaired) electrons. The molecular formula is C20H43NO. The second-order valence-electron chi connectivity index (χ2n) is 8.12. The minimum absolute atomic E-state index is 0.769. The van der Waals surface area contributed by atoms with Crippen molar-refractivity contribution >= 4 is 0 Å². The van der Waals surface area contributed by atoms with Crippen molar-refractivity contribution in [2.45, 2.75) is 86.6 Å². The minimum atomic E-state index is 0.769. The highest BCUT2D eigenvalue weighted by atomic mass is 16.5. The van der Waals surface area contributed by atoms with Crippen LogP contribution in [0.4, 0.5) is 0 Å². The summed E-state index contributed by atoms with van der Waals surface area (Å²) in [5.74, 6) is 2.62. The summed E-state index contributed by atoms with van der Waals surface area (Å²) in [6.07, 6.45) is 6.83. The van der Waals surface area contributed by atoms with Crippen LogP contribution in [0.25, 0.3) is 0 Å². The molecule has 2 fully saturated rings. The fourth-order valence-electron chi connectivity index (χ4n) is 2.82. The van der Waals surface area contributed by atoms with Crippen LogP contribution in [0.2, 0.25) is 0 Å². The van der Waals surface area contributed by atoms with Gasteiger partial charge in [-0.2, -0.15) is 0 Å². The Morgan fingerprint density at radius 1 is 0.773 bits per heavy atom. The molecule has 0 unspecified atom stereocenters. The Morgan fingerprint density at radius 3 is 1.50 bits per heavy atom. The van der Waals surface area contributed by atoms with Crippen molar-refractivity contribution in [1.82, 2.24) is 4.90 Å².